The van der Waals surface area contributed by atoms with Gasteiger partial charge in [0.05, 0.1) is 12.7 Å². The van der Waals surface area contributed by atoms with Crippen molar-refractivity contribution in [2.45, 2.75) is 6.92 Å². The van der Waals surface area contributed by atoms with E-state index in [0.717, 1.165) is 11.8 Å². The van der Waals surface area contributed by atoms with Crippen LogP contribution in [0, 0.1) is 5.82 Å². The van der Waals surface area contributed by atoms with Gasteiger partial charge in [0.2, 0.25) is 0 Å². The van der Waals surface area contributed by atoms with Gasteiger partial charge in [-0.05, 0) is 18.2 Å². The van der Waals surface area contributed by atoms with Crippen LogP contribution < -0.4 is 0 Å². The normalized spacial score (nSPS) is 10.6. The first-order chi connectivity index (χ1) is 8.54. The van der Waals surface area contributed by atoms with Crippen molar-refractivity contribution in [2.24, 2.45) is 0 Å². The van der Waals surface area contributed by atoms with E-state index in [1.54, 1.807) is 6.08 Å². The topological polar surface area (TPSA) is 43.4 Å². The Balaban J connectivity index is 2.81. The number of carbonyl (C=O) groups excluding carboxylic acids is 2. The summed E-state index contributed by atoms with van der Waals surface area (Å²) in [4.78, 5) is 22.0. The van der Waals surface area contributed by atoms with E-state index in [1.807, 2.05) is 0 Å². The number of methoxy groups -OCH3 is 1. The number of esters is 1. The minimum Gasteiger partial charge on any atom is -0.465 e. The summed E-state index contributed by atoms with van der Waals surface area (Å²) in [5.74, 6) is -0.466. The van der Waals surface area contributed by atoms with E-state index in [0.29, 0.717) is 11.3 Å². The summed E-state index contributed by atoms with van der Waals surface area (Å²) in [7, 11) is 1.27. The number of halogens is 1. The van der Waals surface area contributed by atoms with Gasteiger partial charge in [-0.15, -0.1) is 0 Å². The molecule has 5 heteroatoms. The van der Waals surface area contributed by atoms with Crippen LogP contribution in [-0.4, -0.2) is 23.9 Å². The average molecular weight is 268 g/mol. The van der Waals surface area contributed by atoms with E-state index in [-0.39, 0.29) is 10.7 Å². The molecule has 0 saturated heterocycles. The predicted molar refractivity (Wildman–Crippen MR) is 69.9 cm³/mol. The van der Waals surface area contributed by atoms with Crippen LogP contribution in [-0.2, 0) is 9.53 Å². The quantitative estimate of drug-likeness (QED) is 0.787. The van der Waals surface area contributed by atoms with Gasteiger partial charge in [-0.25, -0.2) is 9.18 Å². The molecule has 18 heavy (non-hydrogen) atoms. The van der Waals surface area contributed by atoms with Crippen LogP contribution in [0.3, 0.4) is 0 Å². The summed E-state index contributed by atoms with van der Waals surface area (Å²) in [5, 5.41) is 0.00318. The summed E-state index contributed by atoms with van der Waals surface area (Å²) in [6.45, 7) is 1.47. The number of thioether (sulfide) groups is 1. The lowest BCUT2D eigenvalue weighted by Crippen LogP contribution is -2.01. The Morgan fingerprint density at radius 2 is 2.17 bits per heavy atom. The Bertz CT molecular complexity index is 483. The van der Waals surface area contributed by atoms with Crippen LogP contribution in [0.2, 0.25) is 0 Å². The molecule has 0 N–H and O–H groups in total. The van der Waals surface area contributed by atoms with Gasteiger partial charge in [0.15, 0.2) is 5.12 Å². The second-order valence-electron chi connectivity index (χ2n) is 3.43. The van der Waals surface area contributed by atoms with E-state index in [1.165, 1.54) is 38.3 Å². The van der Waals surface area contributed by atoms with Crippen molar-refractivity contribution >= 4 is 28.9 Å². The van der Waals surface area contributed by atoms with Crippen LogP contribution in [0.1, 0.15) is 22.8 Å². The smallest absolute Gasteiger partial charge is 0.337 e. The van der Waals surface area contributed by atoms with Crippen LogP contribution >= 0.6 is 11.8 Å². The van der Waals surface area contributed by atoms with Gasteiger partial charge in [0.1, 0.15) is 5.82 Å². The summed E-state index contributed by atoms with van der Waals surface area (Å²) in [6, 6.07) is 3.99. The van der Waals surface area contributed by atoms with Crippen molar-refractivity contribution < 1.29 is 18.7 Å². The second kappa shape index (κ2) is 6.96. The minimum atomic E-state index is -0.511. The third kappa shape index (κ3) is 4.33. The number of rotatable bonds is 4. The van der Waals surface area contributed by atoms with Gasteiger partial charge in [-0.2, -0.15) is 0 Å². The maximum atomic E-state index is 13.4. The maximum absolute atomic E-state index is 13.4. The standard InChI is InChI=1S/C13H13FO3S/c1-9(15)18-7-3-4-10-8-11(13(16)17-2)5-6-12(10)14/h3-6,8H,7H2,1-2H3. The third-order valence-corrected chi connectivity index (χ3v) is 2.86. The Kier molecular flexibility index (Phi) is 5.58. The molecule has 0 fully saturated rings. The lowest BCUT2D eigenvalue weighted by atomic mass is 10.1. The molecule has 96 valence electrons. The van der Waals surface area contributed by atoms with Crippen LogP contribution in [0.4, 0.5) is 4.39 Å². The molecule has 0 aromatic heterocycles. The first-order valence-corrected chi connectivity index (χ1v) is 6.21. The highest BCUT2D eigenvalue weighted by Gasteiger charge is 2.07. The van der Waals surface area contributed by atoms with Crippen molar-refractivity contribution in [1.29, 1.82) is 0 Å². The third-order valence-electron chi connectivity index (χ3n) is 2.10. The zero-order valence-corrected chi connectivity index (χ0v) is 10.9. The lowest BCUT2D eigenvalue weighted by Gasteiger charge is -2.02. The lowest BCUT2D eigenvalue weighted by molar-refractivity contribution is -0.109. The number of hydrogen-bond acceptors (Lipinski definition) is 4. The molecule has 0 saturated carbocycles. The Labute approximate surface area is 109 Å². The highest BCUT2D eigenvalue weighted by atomic mass is 32.2. The number of hydrogen-bond donors (Lipinski definition) is 0. The molecule has 1 aromatic rings. The number of ether oxygens (including phenoxy) is 1. The highest BCUT2D eigenvalue weighted by molar-refractivity contribution is 8.13. The zero-order valence-electron chi connectivity index (χ0n) is 10.1. The second-order valence-corrected chi connectivity index (χ2v) is 4.63. The summed E-state index contributed by atoms with van der Waals surface area (Å²) < 4.78 is 18.0. The molecule has 1 aromatic carbocycles. The van der Waals surface area contributed by atoms with Gasteiger partial charge in [0.25, 0.3) is 0 Å². The highest BCUT2D eigenvalue weighted by Crippen LogP contribution is 2.14. The largest absolute Gasteiger partial charge is 0.465 e. The monoisotopic (exact) mass is 268 g/mol. The van der Waals surface area contributed by atoms with Crippen LogP contribution in [0.25, 0.3) is 6.08 Å². The fourth-order valence-electron chi connectivity index (χ4n) is 1.26. The molecule has 0 unspecified atom stereocenters. The van der Waals surface area contributed by atoms with Crippen LogP contribution in [0.15, 0.2) is 24.3 Å². The summed E-state index contributed by atoms with van der Waals surface area (Å²) in [6.07, 6.45) is 3.21. The van der Waals surface area contributed by atoms with E-state index in [2.05, 4.69) is 4.74 Å². The van der Waals surface area contributed by atoms with Crippen molar-refractivity contribution in [2.75, 3.05) is 12.9 Å². The molecule has 0 radical (unpaired) electrons. The van der Waals surface area contributed by atoms with Gasteiger partial charge >= 0.3 is 5.97 Å². The van der Waals surface area contributed by atoms with Crippen molar-refractivity contribution in [1.82, 2.24) is 0 Å². The molecule has 0 aliphatic carbocycles. The summed E-state index contributed by atoms with van der Waals surface area (Å²) >= 11 is 1.13. The molecule has 0 aliphatic rings. The Hall–Kier alpha value is -1.62. The van der Waals surface area contributed by atoms with E-state index < -0.39 is 11.8 Å². The Morgan fingerprint density at radius 3 is 2.78 bits per heavy atom. The molecule has 0 bridgehead atoms. The van der Waals surface area contributed by atoms with E-state index in [9.17, 15) is 14.0 Å². The molecule has 3 nitrogen and oxygen atoms in total. The van der Waals surface area contributed by atoms with Gasteiger partial charge in [-0.3, -0.25) is 4.79 Å². The SMILES string of the molecule is COC(=O)c1ccc(F)c(C=CCSC(C)=O)c1. The first-order valence-electron chi connectivity index (χ1n) is 5.22. The van der Waals surface area contributed by atoms with Crippen molar-refractivity contribution in [3.63, 3.8) is 0 Å². The maximum Gasteiger partial charge on any atom is 0.337 e. The number of benzene rings is 1. The van der Waals surface area contributed by atoms with E-state index >= 15 is 0 Å². The van der Waals surface area contributed by atoms with Gasteiger partial charge in [0, 0.05) is 18.2 Å². The molecule has 0 heterocycles. The Morgan fingerprint density at radius 1 is 1.44 bits per heavy atom. The molecule has 0 aliphatic heterocycles. The molecular formula is C13H13FO3S. The van der Waals surface area contributed by atoms with Crippen molar-refractivity contribution in [3.05, 3.63) is 41.2 Å². The molecular weight excluding hydrogens is 255 g/mol. The fraction of sp³-hybridized carbons (Fsp3) is 0.231. The molecule has 0 atom stereocenters. The van der Waals surface area contributed by atoms with Gasteiger partial charge in [-0.1, -0.05) is 23.9 Å². The molecule has 0 spiro atoms. The average Bonchev–Trinajstić information content (AvgIpc) is 2.35. The summed E-state index contributed by atoms with van der Waals surface area (Å²) in [5.41, 5.74) is 0.583. The molecule has 1 rings (SSSR count). The minimum absolute atomic E-state index is 0.00318. The van der Waals surface area contributed by atoms with Gasteiger partial charge < -0.3 is 4.74 Å². The molecule has 0 amide bonds. The number of carbonyl (C=O) groups is 2. The van der Waals surface area contributed by atoms with Crippen molar-refractivity contribution in [3.8, 4) is 0 Å². The zero-order chi connectivity index (χ0) is 13.5. The van der Waals surface area contributed by atoms with E-state index in [4.69, 9.17) is 0 Å². The first kappa shape index (κ1) is 14.4. The predicted octanol–water partition coefficient (Wildman–Crippen LogP) is 2.91. The fourth-order valence-corrected chi connectivity index (χ4v) is 1.68. The van der Waals surface area contributed by atoms with Crippen LogP contribution in [0.5, 0.6) is 0 Å².